The molecule has 0 aliphatic carbocycles. The van der Waals surface area contributed by atoms with Gasteiger partial charge in [0, 0.05) is 32.0 Å². The lowest BCUT2D eigenvalue weighted by atomic mass is 10.3. The Morgan fingerprint density at radius 2 is 2.37 bits per heavy atom. The fourth-order valence-corrected chi connectivity index (χ4v) is 2.27. The fraction of sp³-hybridized carbons (Fsp3) is 0.583. The third-order valence-electron chi connectivity index (χ3n) is 3.34. The van der Waals surface area contributed by atoms with E-state index >= 15 is 0 Å². The molecule has 0 radical (unpaired) electrons. The predicted molar refractivity (Wildman–Crippen MR) is 71.2 cm³/mol. The quantitative estimate of drug-likeness (QED) is 0.851. The SMILES string of the molecule is Cc1nnc2c(NCC3CN(C)CCO3)nccn12. The number of nitrogens with zero attached hydrogens (tertiary/aromatic N) is 5. The average molecular weight is 262 g/mol. The number of nitrogens with one attached hydrogen (secondary N) is 1. The second-order valence-electron chi connectivity index (χ2n) is 4.85. The van der Waals surface area contributed by atoms with Crippen LogP contribution in [0.2, 0.25) is 0 Å². The summed E-state index contributed by atoms with van der Waals surface area (Å²) in [6.07, 6.45) is 3.80. The highest BCUT2D eigenvalue weighted by Gasteiger charge is 2.18. The molecule has 1 unspecified atom stereocenters. The first-order valence-electron chi connectivity index (χ1n) is 6.44. The lowest BCUT2D eigenvalue weighted by molar-refractivity contribution is -0.0117. The van der Waals surface area contributed by atoms with Crippen LogP contribution in [0.3, 0.4) is 0 Å². The van der Waals surface area contributed by atoms with Gasteiger partial charge in [0.1, 0.15) is 5.82 Å². The van der Waals surface area contributed by atoms with Crippen LogP contribution < -0.4 is 5.32 Å². The van der Waals surface area contributed by atoms with Gasteiger partial charge in [0.25, 0.3) is 0 Å². The van der Waals surface area contributed by atoms with Crippen molar-refractivity contribution in [1.29, 1.82) is 0 Å². The van der Waals surface area contributed by atoms with Crippen molar-refractivity contribution in [3.8, 4) is 0 Å². The van der Waals surface area contributed by atoms with E-state index in [0.717, 1.165) is 43.5 Å². The van der Waals surface area contributed by atoms with Gasteiger partial charge in [0.05, 0.1) is 12.7 Å². The van der Waals surface area contributed by atoms with Crippen molar-refractivity contribution in [1.82, 2.24) is 24.5 Å². The predicted octanol–water partition coefficient (Wildman–Crippen LogP) is 0.175. The molecule has 102 valence electrons. The standard InChI is InChI=1S/C12H18N6O/c1-9-15-16-12-11(13-3-4-18(9)12)14-7-10-8-17(2)5-6-19-10/h3-4,10H,5-8H2,1-2H3,(H,13,14). The Morgan fingerprint density at radius 3 is 3.21 bits per heavy atom. The van der Waals surface area contributed by atoms with E-state index < -0.39 is 0 Å². The topological polar surface area (TPSA) is 67.6 Å². The maximum Gasteiger partial charge on any atom is 0.203 e. The summed E-state index contributed by atoms with van der Waals surface area (Å²) in [5, 5.41) is 11.5. The highest BCUT2D eigenvalue weighted by Crippen LogP contribution is 2.12. The Morgan fingerprint density at radius 1 is 1.47 bits per heavy atom. The Hall–Kier alpha value is -1.73. The molecule has 0 amide bonds. The molecule has 1 N–H and O–H groups in total. The molecule has 0 bridgehead atoms. The number of hydrogen-bond donors (Lipinski definition) is 1. The van der Waals surface area contributed by atoms with Gasteiger partial charge in [-0.15, -0.1) is 10.2 Å². The highest BCUT2D eigenvalue weighted by molar-refractivity contribution is 5.61. The molecule has 1 saturated heterocycles. The summed E-state index contributed by atoms with van der Waals surface area (Å²) < 4.78 is 7.63. The van der Waals surface area contributed by atoms with Crippen molar-refractivity contribution < 1.29 is 4.74 Å². The summed E-state index contributed by atoms with van der Waals surface area (Å²) in [6.45, 7) is 5.35. The van der Waals surface area contributed by atoms with E-state index in [1.165, 1.54) is 0 Å². The van der Waals surface area contributed by atoms with Crippen LogP contribution in [-0.4, -0.2) is 63.9 Å². The number of anilines is 1. The van der Waals surface area contributed by atoms with E-state index in [-0.39, 0.29) is 6.10 Å². The lowest BCUT2D eigenvalue weighted by Gasteiger charge is -2.30. The maximum absolute atomic E-state index is 5.71. The van der Waals surface area contributed by atoms with E-state index in [0.29, 0.717) is 0 Å². The molecule has 2 aromatic heterocycles. The van der Waals surface area contributed by atoms with Crippen molar-refractivity contribution >= 4 is 11.5 Å². The normalized spacial score (nSPS) is 20.8. The van der Waals surface area contributed by atoms with Crippen LogP contribution in [0, 0.1) is 6.92 Å². The highest BCUT2D eigenvalue weighted by atomic mass is 16.5. The van der Waals surface area contributed by atoms with Crippen molar-refractivity contribution in [3.05, 3.63) is 18.2 Å². The van der Waals surface area contributed by atoms with Gasteiger partial charge < -0.3 is 15.0 Å². The fourth-order valence-electron chi connectivity index (χ4n) is 2.27. The summed E-state index contributed by atoms with van der Waals surface area (Å²) in [6, 6.07) is 0. The van der Waals surface area contributed by atoms with E-state index in [2.05, 4.69) is 32.4 Å². The number of morpholine rings is 1. The van der Waals surface area contributed by atoms with Gasteiger partial charge >= 0.3 is 0 Å². The van der Waals surface area contributed by atoms with Gasteiger partial charge in [-0.25, -0.2) is 4.98 Å². The molecule has 1 atom stereocenters. The number of aryl methyl sites for hydroxylation is 1. The van der Waals surface area contributed by atoms with Crippen LogP contribution in [0.4, 0.5) is 5.82 Å². The number of aromatic nitrogens is 4. The molecule has 1 aliphatic heterocycles. The number of hydrogen-bond acceptors (Lipinski definition) is 6. The first-order chi connectivity index (χ1) is 9.24. The van der Waals surface area contributed by atoms with Crippen LogP contribution in [-0.2, 0) is 4.74 Å². The van der Waals surface area contributed by atoms with Gasteiger partial charge in [-0.2, -0.15) is 0 Å². The van der Waals surface area contributed by atoms with Crippen LogP contribution in [0.5, 0.6) is 0 Å². The molecular weight excluding hydrogens is 244 g/mol. The zero-order valence-corrected chi connectivity index (χ0v) is 11.2. The minimum Gasteiger partial charge on any atom is -0.374 e. The number of rotatable bonds is 3. The third-order valence-corrected chi connectivity index (χ3v) is 3.34. The van der Waals surface area contributed by atoms with Crippen LogP contribution >= 0.6 is 0 Å². The summed E-state index contributed by atoms with van der Waals surface area (Å²) in [4.78, 5) is 6.59. The Kier molecular flexibility index (Phi) is 3.31. The zero-order chi connectivity index (χ0) is 13.2. The van der Waals surface area contributed by atoms with E-state index in [4.69, 9.17) is 4.74 Å². The largest absolute Gasteiger partial charge is 0.374 e. The second kappa shape index (κ2) is 5.10. The molecule has 3 rings (SSSR count). The molecule has 7 heteroatoms. The molecule has 0 saturated carbocycles. The molecule has 0 aromatic carbocycles. The van der Waals surface area contributed by atoms with Crippen molar-refractivity contribution in [2.45, 2.75) is 13.0 Å². The summed E-state index contributed by atoms with van der Waals surface area (Å²) in [5.74, 6) is 1.61. The van der Waals surface area contributed by atoms with E-state index in [9.17, 15) is 0 Å². The number of ether oxygens (including phenoxy) is 1. The van der Waals surface area contributed by atoms with Crippen molar-refractivity contribution in [2.75, 3.05) is 38.6 Å². The van der Waals surface area contributed by atoms with E-state index in [1.54, 1.807) is 6.20 Å². The minimum atomic E-state index is 0.185. The van der Waals surface area contributed by atoms with Crippen LogP contribution in [0.25, 0.3) is 5.65 Å². The molecular formula is C12H18N6O. The zero-order valence-electron chi connectivity index (χ0n) is 11.2. The van der Waals surface area contributed by atoms with Crippen molar-refractivity contribution in [2.24, 2.45) is 0 Å². The average Bonchev–Trinajstić information content (AvgIpc) is 2.79. The first-order valence-corrected chi connectivity index (χ1v) is 6.44. The van der Waals surface area contributed by atoms with Crippen molar-refractivity contribution in [3.63, 3.8) is 0 Å². The van der Waals surface area contributed by atoms with Crippen LogP contribution in [0.15, 0.2) is 12.4 Å². The summed E-state index contributed by atoms with van der Waals surface area (Å²) in [7, 11) is 2.11. The molecule has 1 aliphatic rings. The number of likely N-dealkylation sites (N-methyl/N-ethyl adjacent to an activating group) is 1. The summed E-state index contributed by atoms with van der Waals surface area (Å²) in [5.41, 5.74) is 0.754. The smallest absolute Gasteiger partial charge is 0.203 e. The molecule has 2 aromatic rings. The van der Waals surface area contributed by atoms with Gasteiger partial charge in [0.2, 0.25) is 5.65 Å². The Bertz CT molecular complexity index is 568. The number of fused-ring (bicyclic) bond motifs is 1. The lowest BCUT2D eigenvalue weighted by Crippen LogP contribution is -2.43. The molecule has 0 spiro atoms. The van der Waals surface area contributed by atoms with Gasteiger partial charge in [-0.1, -0.05) is 0 Å². The second-order valence-corrected chi connectivity index (χ2v) is 4.85. The van der Waals surface area contributed by atoms with Crippen LogP contribution in [0.1, 0.15) is 5.82 Å². The van der Waals surface area contributed by atoms with Gasteiger partial charge in [-0.3, -0.25) is 4.40 Å². The summed E-state index contributed by atoms with van der Waals surface area (Å²) >= 11 is 0. The molecule has 3 heterocycles. The third kappa shape index (κ3) is 2.52. The Labute approximate surface area is 111 Å². The minimum absolute atomic E-state index is 0.185. The maximum atomic E-state index is 5.71. The van der Waals surface area contributed by atoms with E-state index in [1.807, 2.05) is 17.5 Å². The molecule has 19 heavy (non-hydrogen) atoms. The van der Waals surface area contributed by atoms with Gasteiger partial charge in [0.15, 0.2) is 5.82 Å². The molecule has 1 fully saturated rings. The Balaban J connectivity index is 1.71. The monoisotopic (exact) mass is 262 g/mol. The first kappa shape index (κ1) is 12.3. The molecule has 7 nitrogen and oxygen atoms in total. The van der Waals surface area contributed by atoms with Gasteiger partial charge in [-0.05, 0) is 14.0 Å².